The summed E-state index contributed by atoms with van der Waals surface area (Å²) in [6, 6.07) is 6.21. The summed E-state index contributed by atoms with van der Waals surface area (Å²) in [4.78, 5) is 20.4. The van der Waals surface area contributed by atoms with Crippen LogP contribution in [0.5, 0.6) is 6.01 Å². The van der Waals surface area contributed by atoms with E-state index in [2.05, 4.69) is 24.9 Å². The van der Waals surface area contributed by atoms with E-state index >= 15 is 0 Å². The maximum Gasteiger partial charge on any atom is 0.316 e. The van der Waals surface area contributed by atoms with Gasteiger partial charge in [0.2, 0.25) is 0 Å². The average molecular weight is 407 g/mol. The molecular weight excluding hydrogens is 388 g/mol. The number of benzene rings is 1. The summed E-state index contributed by atoms with van der Waals surface area (Å²) < 4.78 is 32.7. The number of hydrogen-bond donors (Lipinski definition) is 1. The highest BCUT2D eigenvalue weighted by atomic mass is 19.2. The first-order valence-corrected chi connectivity index (χ1v) is 9.96. The molecule has 3 heterocycles. The molecule has 4 aromatic rings. The number of H-pyrrole nitrogens is 1. The molecule has 1 saturated carbocycles. The Hall–Kier alpha value is -3.42. The number of halogens is 2. The zero-order valence-corrected chi connectivity index (χ0v) is 16.1. The van der Waals surface area contributed by atoms with Gasteiger partial charge in [-0.25, -0.2) is 23.7 Å². The van der Waals surface area contributed by atoms with Gasteiger partial charge in [-0.1, -0.05) is 6.42 Å². The van der Waals surface area contributed by atoms with Crippen LogP contribution in [-0.2, 0) is 0 Å². The van der Waals surface area contributed by atoms with Crippen molar-refractivity contribution in [1.29, 1.82) is 0 Å². The van der Waals surface area contributed by atoms with Gasteiger partial charge in [-0.2, -0.15) is 0 Å². The molecule has 0 amide bonds. The van der Waals surface area contributed by atoms with Gasteiger partial charge in [-0.15, -0.1) is 0 Å². The molecule has 3 aromatic heterocycles. The summed E-state index contributed by atoms with van der Waals surface area (Å²) in [5.74, 6) is -1.35. The topological polar surface area (TPSA) is 76.6 Å². The van der Waals surface area contributed by atoms with E-state index in [1.807, 2.05) is 12.1 Å². The van der Waals surface area contributed by atoms with E-state index in [4.69, 9.17) is 4.74 Å². The first kappa shape index (κ1) is 18.6. The van der Waals surface area contributed by atoms with Crippen molar-refractivity contribution in [2.24, 2.45) is 0 Å². The summed E-state index contributed by atoms with van der Waals surface area (Å²) >= 11 is 0. The van der Waals surface area contributed by atoms with Crippen LogP contribution >= 0.6 is 0 Å². The summed E-state index contributed by atoms with van der Waals surface area (Å²) in [7, 11) is 0. The summed E-state index contributed by atoms with van der Waals surface area (Å²) in [5.41, 5.74) is 2.96. The fraction of sp³-hybridized carbons (Fsp3) is 0.273. The quantitative estimate of drug-likeness (QED) is 0.511. The number of aromatic amines is 1. The van der Waals surface area contributed by atoms with Crippen LogP contribution < -0.4 is 4.74 Å². The van der Waals surface area contributed by atoms with Gasteiger partial charge in [0, 0.05) is 41.9 Å². The van der Waals surface area contributed by atoms with Crippen LogP contribution in [0.25, 0.3) is 33.7 Å². The van der Waals surface area contributed by atoms with Gasteiger partial charge in [0.25, 0.3) is 0 Å². The van der Waals surface area contributed by atoms with Gasteiger partial charge in [0.05, 0.1) is 16.7 Å². The number of rotatable bonds is 4. The van der Waals surface area contributed by atoms with Crippen LogP contribution in [-0.4, -0.2) is 31.0 Å². The lowest BCUT2D eigenvalue weighted by Crippen LogP contribution is -2.20. The zero-order valence-electron chi connectivity index (χ0n) is 16.1. The highest BCUT2D eigenvalue weighted by molar-refractivity contribution is 5.79. The molecule has 0 aliphatic heterocycles. The summed E-state index contributed by atoms with van der Waals surface area (Å²) in [6.07, 6.45) is 11.0. The second-order valence-electron chi connectivity index (χ2n) is 7.43. The third-order valence-electron chi connectivity index (χ3n) is 5.31. The Morgan fingerprint density at radius 2 is 1.60 bits per heavy atom. The van der Waals surface area contributed by atoms with Crippen molar-refractivity contribution >= 4 is 11.0 Å². The van der Waals surface area contributed by atoms with Gasteiger partial charge >= 0.3 is 6.01 Å². The van der Waals surface area contributed by atoms with E-state index in [0.29, 0.717) is 34.1 Å². The fourth-order valence-electron chi connectivity index (χ4n) is 3.69. The number of pyridine rings is 1. The molecule has 1 aliphatic carbocycles. The predicted molar refractivity (Wildman–Crippen MR) is 108 cm³/mol. The molecule has 1 aromatic carbocycles. The van der Waals surface area contributed by atoms with Crippen LogP contribution in [0.1, 0.15) is 32.1 Å². The third-order valence-corrected chi connectivity index (χ3v) is 5.31. The minimum atomic E-state index is -0.926. The minimum absolute atomic E-state index is 0.202. The van der Waals surface area contributed by atoms with E-state index in [1.165, 1.54) is 19.3 Å². The van der Waals surface area contributed by atoms with Crippen molar-refractivity contribution in [3.63, 3.8) is 0 Å². The molecule has 0 unspecified atom stereocenters. The van der Waals surface area contributed by atoms with Crippen molar-refractivity contribution < 1.29 is 13.5 Å². The molecule has 6 nitrogen and oxygen atoms in total. The molecule has 0 radical (unpaired) electrons. The van der Waals surface area contributed by atoms with Crippen molar-refractivity contribution in [2.75, 3.05) is 0 Å². The molecule has 0 saturated heterocycles. The lowest BCUT2D eigenvalue weighted by molar-refractivity contribution is 0.142. The lowest BCUT2D eigenvalue weighted by Gasteiger charge is -2.21. The van der Waals surface area contributed by atoms with Crippen LogP contribution in [0, 0.1) is 11.6 Å². The maximum atomic E-state index is 13.4. The number of aromatic nitrogens is 5. The second-order valence-corrected chi connectivity index (χ2v) is 7.43. The first-order chi connectivity index (χ1) is 14.7. The largest absolute Gasteiger partial charge is 0.460 e. The molecule has 30 heavy (non-hydrogen) atoms. The summed E-state index contributed by atoms with van der Waals surface area (Å²) in [5, 5.41) is 0. The highest BCUT2D eigenvalue weighted by Crippen LogP contribution is 2.25. The number of nitrogens with zero attached hydrogens (tertiary/aromatic N) is 4. The average Bonchev–Trinajstić information content (AvgIpc) is 3.18. The molecule has 0 bridgehead atoms. The molecule has 5 rings (SSSR count). The smallest absolute Gasteiger partial charge is 0.316 e. The van der Waals surface area contributed by atoms with E-state index < -0.39 is 11.6 Å². The van der Waals surface area contributed by atoms with E-state index in [-0.39, 0.29) is 6.10 Å². The maximum absolute atomic E-state index is 13.4. The Morgan fingerprint density at radius 1 is 0.867 bits per heavy atom. The Morgan fingerprint density at radius 3 is 2.33 bits per heavy atom. The number of hydrogen-bond acceptors (Lipinski definition) is 5. The van der Waals surface area contributed by atoms with E-state index in [1.54, 1.807) is 18.6 Å². The van der Waals surface area contributed by atoms with Crippen molar-refractivity contribution in [2.45, 2.75) is 38.2 Å². The van der Waals surface area contributed by atoms with Gasteiger partial charge < -0.3 is 9.72 Å². The van der Waals surface area contributed by atoms with E-state index in [0.717, 1.165) is 30.5 Å². The predicted octanol–water partition coefficient (Wildman–Crippen LogP) is 5.07. The van der Waals surface area contributed by atoms with Gasteiger partial charge in [0.1, 0.15) is 11.9 Å². The molecule has 0 spiro atoms. The molecular formula is C22H19F2N5O. The molecule has 1 fully saturated rings. The Bertz CT molecular complexity index is 1130. The molecule has 1 aliphatic rings. The van der Waals surface area contributed by atoms with Gasteiger partial charge in [-0.05, 0) is 37.8 Å². The normalized spacial score (nSPS) is 14.9. The summed E-state index contributed by atoms with van der Waals surface area (Å²) in [6.45, 7) is 0. The Kier molecular flexibility index (Phi) is 4.82. The highest BCUT2D eigenvalue weighted by Gasteiger charge is 2.16. The lowest BCUT2D eigenvalue weighted by atomic mass is 9.98. The first-order valence-electron chi connectivity index (χ1n) is 9.96. The van der Waals surface area contributed by atoms with Crippen molar-refractivity contribution in [1.82, 2.24) is 24.9 Å². The minimum Gasteiger partial charge on any atom is -0.460 e. The van der Waals surface area contributed by atoms with Crippen LogP contribution in [0.2, 0.25) is 0 Å². The van der Waals surface area contributed by atoms with Crippen molar-refractivity contribution in [3.05, 3.63) is 54.5 Å². The van der Waals surface area contributed by atoms with Crippen LogP contribution in [0.3, 0.4) is 0 Å². The zero-order chi connectivity index (χ0) is 20.5. The number of imidazole rings is 1. The van der Waals surface area contributed by atoms with Crippen LogP contribution in [0.4, 0.5) is 8.78 Å². The number of ether oxygens (including phenoxy) is 1. The standard InChI is InChI=1S/C22H19F2N5O/c23-16-8-19-20(9-17(16)24)29-21(28-19)13-6-7-18(25-10-13)14-11-26-22(27-12-14)30-15-4-2-1-3-5-15/h6-12,15H,1-5H2,(H,28,29). The van der Waals surface area contributed by atoms with Gasteiger partial charge in [0.15, 0.2) is 11.6 Å². The monoisotopic (exact) mass is 407 g/mol. The van der Waals surface area contributed by atoms with Crippen LogP contribution in [0.15, 0.2) is 42.9 Å². The second kappa shape index (κ2) is 7.78. The number of nitrogens with one attached hydrogen (secondary N) is 1. The molecule has 1 N–H and O–H groups in total. The Labute approximate surface area is 171 Å². The van der Waals surface area contributed by atoms with Crippen molar-refractivity contribution in [3.8, 4) is 28.7 Å². The third kappa shape index (κ3) is 3.72. The number of fused-ring (bicyclic) bond motifs is 1. The SMILES string of the molecule is Fc1cc2nc(-c3ccc(-c4cnc(OC5CCCCC5)nc4)nc3)[nH]c2cc1F. The molecule has 8 heteroatoms. The van der Waals surface area contributed by atoms with E-state index in [9.17, 15) is 8.78 Å². The Balaban J connectivity index is 1.33. The fourth-order valence-corrected chi connectivity index (χ4v) is 3.69. The molecule has 0 atom stereocenters. The van der Waals surface area contributed by atoms with Gasteiger partial charge in [-0.3, -0.25) is 4.98 Å². The molecule has 152 valence electrons.